The van der Waals surface area contributed by atoms with E-state index in [0.29, 0.717) is 18.8 Å². The number of carbonyl (C=O) groups excluding carboxylic acids is 2. The highest BCUT2D eigenvalue weighted by atomic mass is 16.4. The fourth-order valence-electron chi connectivity index (χ4n) is 4.34. The van der Waals surface area contributed by atoms with Crippen molar-refractivity contribution in [1.29, 1.82) is 0 Å². The molecule has 2 saturated carbocycles. The highest BCUT2D eigenvalue weighted by Gasteiger charge is 2.37. The first-order valence-electron chi connectivity index (χ1n) is 10.6. The van der Waals surface area contributed by atoms with Crippen LogP contribution in [0.25, 0.3) is 0 Å². The molecular weight excluding hydrogens is 370 g/mol. The third kappa shape index (κ3) is 5.35. The molecule has 156 valence electrons. The Hall–Kier alpha value is -2.41. The zero-order valence-electron chi connectivity index (χ0n) is 16.7. The van der Waals surface area contributed by atoms with E-state index in [1.165, 1.54) is 12.8 Å². The van der Waals surface area contributed by atoms with Gasteiger partial charge in [-0.1, -0.05) is 12.1 Å². The van der Waals surface area contributed by atoms with Gasteiger partial charge in [0.2, 0.25) is 11.8 Å². The minimum absolute atomic E-state index is 0.0365. The number of fused-ring (bicyclic) bond motifs is 1. The van der Waals surface area contributed by atoms with E-state index >= 15 is 0 Å². The molecular formula is C22H29N3O4. The lowest BCUT2D eigenvalue weighted by molar-refractivity contribution is -0.140. The third-order valence-electron chi connectivity index (χ3n) is 6.19. The van der Waals surface area contributed by atoms with Crippen LogP contribution in [0.3, 0.4) is 0 Å². The van der Waals surface area contributed by atoms with Crippen LogP contribution in [0, 0.1) is 5.92 Å². The second-order valence-corrected chi connectivity index (χ2v) is 8.73. The summed E-state index contributed by atoms with van der Waals surface area (Å²) in [7, 11) is 0. The Morgan fingerprint density at radius 1 is 1.24 bits per heavy atom. The lowest BCUT2D eigenvalue weighted by Gasteiger charge is -2.42. The largest absolute Gasteiger partial charge is 0.480 e. The third-order valence-corrected chi connectivity index (χ3v) is 6.19. The SMILES string of the molecule is O=C(O)CN(CC1CC1)C1CC(NC(=O)CCCc2ccc3c(c2)CC(=O)N3)C1. The zero-order chi connectivity index (χ0) is 20.4. The quantitative estimate of drug-likeness (QED) is 0.559. The number of aryl methyl sites for hydroxylation is 1. The van der Waals surface area contributed by atoms with Crippen LogP contribution in [0.15, 0.2) is 18.2 Å². The molecule has 1 aromatic carbocycles. The van der Waals surface area contributed by atoms with Crippen molar-refractivity contribution >= 4 is 23.5 Å². The molecule has 7 nitrogen and oxygen atoms in total. The molecule has 29 heavy (non-hydrogen) atoms. The summed E-state index contributed by atoms with van der Waals surface area (Å²) in [6.45, 7) is 0.975. The van der Waals surface area contributed by atoms with E-state index in [1.54, 1.807) is 0 Å². The summed E-state index contributed by atoms with van der Waals surface area (Å²) in [5.41, 5.74) is 3.09. The molecule has 1 heterocycles. The van der Waals surface area contributed by atoms with Crippen molar-refractivity contribution in [3.05, 3.63) is 29.3 Å². The Labute approximate surface area is 170 Å². The predicted octanol–water partition coefficient (Wildman–Crippen LogP) is 1.95. The summed E-state index contributed by atoms with van der Waals surface area (Å²) in [5.74, 6) is -0.00578. The first-order valence-corrected chi connectivity index (χ1v) is 10.6. The number of anilines is 1. The molecule has 3 aliphatic rings. The smallest absolute Gasteiger partial charge is 0.317 e. The summed E-state index contributed by atoms with van der Waals surface area (Å²) in [5, 5.41) is 15.0. The maximum Gasteiger partial charge on any atom is 0.317 e. The van der Waals surface area contributed by atoms with Crippen LogP contribution in [0.4, 0.5) is 5.69 Å². The Bertz CT molecular complexity index is 799. The maximum atomic E-state index is 12.2. The number of carboxylic acids is 1. The highest BCUT2D eigenvalue weighted by Crippen LogP contribution is 2.33. The average Bonchev–Trinajstić information content (AvgIpc) is 3.35. The van der Waals surface area contributed by atoms with Gasteiger partial charge in [0.1, 0.15) is 0 Å². The number of benzene rings is 1. The Morgan fingerprint density at radius 2 is 2.03 bits per heavy atom. The van der Waals surface area contributed by atoms with E-state index < -0.39 is 5.97 Å². The second kappa shape index (κ2) is 8.53. The number of hydrogen-bond acceptors (Lipinski definition) is 4. The summed E-state index contributed by atoms with van der Waals surface area (Å²) < 4.78 is 0. The van der Waals surface area contributed by atoms with Crippen molar-refractivity contribution in [1.82, 2.24) is 10.2 Å². The Balaban J connectivity index is 1.15. The van der Waals surface area contributed by atoms with Crippen molar-refractivity contribution in [2.75, 3.05) is 18.4 Å². The summed E-state index contributed by atoms with van der Waals surface area (Å²) in [6.07, 6.45) is 6.61. The monoisotopic (exact) mass is 399 g/mol. The van der Waals surface area contributed by atoms with Crippen LogP contribution in [-0.2, 0) is 27.2 Å². The van der Waals surface area contributed by atoms with E-state index in [1.807, 2.05) is 12.1 Å². The first kappa shape index (κ1) is 19.9. The summed E-state index contributed by atoms with van der Waals surface area (Å²) >= 11 is 0. The van der Waals surface area contributed by atoms with Crippen molar-refractivity contribution in [3.63, 3.8) is 0 Å². The van der Waals surface area contributed by atoms with Crippen molar-refractivity contribution in [2.24, 2.45) is 5.92 Å². The van der Waals surface area contributed by atoms with Gasteiger partial charge in [0.25, 0.3) is 0 Å². The normalized spacial score (nSPS) is 22.7. The molecule has 0 spiro atoms. The number of amides is 2. The lowest BCUT2D eigenvalue weighted by Crippen LogP contribution is -2.55. The van der Waals surface area contributed by atoms with Gasteiger partial charge in [-0.05, 0) is 61.6 Å². The van der Waals surface area contributed by atoms with Gasteiger partial charge >= 0.3 is 5.97 Å². The fraction of sp³-hybridized carbons (Fsp3) is 0.591. The molecule has 3 N–H and O–H groups in total. The fourth-order valence-corrected chi connectivity index (χ4v) is 4.34. The summed E-state index contributed by atoms with van der Waals surface area (Å²) in [4.78, 5) is 36.8. The Kier molecular flexibility index (Phi) is 5.85. The molecule has 0 unspecified atom stereocenters. The van der Waals surface area contributed by atoms with Crippen LogP contribution in [0.2, 0.25) is 0 Å². The molecule has 0 radical (unpaired) electrons. The molecule has 1 aromatic rings. The number of nitrogens with one attached hydrogen (secondary N) is 2. The van der Waals surface area contributed by atoms with Gasteiger partial charge in [-0.15, -0.1) is 0 Å². The van der Waals surface area contributed by atoms with Gasteiger partial charge in [-0.3, -0.25) is 19.3 Å². The average molecular weight is 399 g/mol. The number of nitrogens with zero attached hydrogens (tertiary/aromatic N) is 1. The number of rotatable bonds is 10. The number of carbonyl (C=O) groups is 3. The van der Waals surface area contributed by atoms with Gasteiger partial charge in [0.15, 0.2) is 0 Å². The second-order valence-electron chi connectivity index (χ2n) is 8.73. The van der Waals surface area contributed by atoms with Gasteiger partial charge in [0, 0.05) is 30.7 Å². The first-order chi connectivity index (χ1) is 14.0. The van der Waals surface area contributed by atoms with E-state index in [2.05, 4.69) is 21.6 Å². The van der Waals surface area contributed by atoms with Gasteiger partial charge < -0.3 is 15.7 Å². The number of carboxylic acid groups (broad SMARTS) is 1. The van der Waals surface area contributed by atoms with Crippen LogP contribution in [-0.4, -0.2) is 53.0 Å². The lowest BCUT2D eigenvalue weighted by atomic mass is 9.85. The highest BCUT2D eigenvalue weighted by molar-refractivity contribution is 5.99. The maximum absolute atomic E-state index is 12.2. The van der Waals surface area contributed by atoms with Crippen molar-refractivity contribution in [2.45, 2.75) is 63.5 Å². The molecule has 0 bridgehead atoms. The van der Waals surface area contributed by atoms with Crippen molar-refractivity contribution in [3.8, 4) is 0 Å². The topological polar surface area (TPSA) is 98.7 Å². The van der Waals surface area contributed by atoms with E-state index in [9.17, 15) is 14.4 Å². The standard InChI is InChI=1S/C22H29N3O4/c26-20(3-1-2-14-6-7-19-16(8-14)9-21(27)24-19)23-17-10-18(11-17)25(13-22(28)29)12-15-4-5-15/h6-8,15,17-18H,1-5,9-13H2,(H,23,26)(H,24,27)(H,28,29). The molecule has 1 aliphatic heterocycles. The van der Waals surface area contributed by atoms with E-state index in [-0.39, 0.29) is 30.4 Å². The summed E-state index contributed by atoms with van der Waals surface area (Å²) in [6, 6.07) is 6.45. The van der Waals surface area contributed by atoms with Crippen molar-refractivity contribution < 1.29 is 19.5 Å². The molecule has 2 fully saturated rings. The molecule has 7 heteroatoms. The Morgan fingerprint density at radius 3 is 2.76 bits per heavy atom. The van der Waals surface area contributed by atoms with Gasteiger partial charge in [-0.25, -0.2) is 0 Å². The minimum atomic E-state index is -0.773. The van der Waals surface area contributed by atoms with Crippen LogP contribution in [0.5, 0.6) is 0 Å². The van der Waals surface area contributed by atoms with Gasteiger partial charge in [-0.2, -0.15) is 0 Å². The predicted molar refractivity (Wildman–Crippen MR) is 109 cm³/mol. The van der Waals surface area contributed by atoms with Gasteiger partial charge in [0.05, 0.1) is 13.0 Å². The van der Waals surface area contributed by atoms with E-state index in [4.69, 9.17) is 5.11 Å². The molecule has 0 aromatic heterocycles. The van der Waals surface area contributed by atoms with E-state index in [0.717, 1.165) is 49.0 Å². The van der Waals surface area contributed by atoms with Crippen LogP contribution >= 0.6 is 0 Å². The molecule has 0 atom stereocenters. The molecule has 2 amide bonds. The number of hydrogen-bond donors (Lipinski definition) is 3. The molecule has 2 aliphatic carbocycles. The van der Waals surface area contributed by atoms with Crippen LogP contribution in [0.1, 0.15) is 49.7 Å². The zero-order valence-corrected chi connectivity index (χ0v) is 16.7. The molecule has 4 rings (SSSR count). The van der Waals surface area contributed by atoms with Crippen LogP contribution < -0.4 is 10.6 Å². The number of aliphatic carboxylic acids is 1. The molecule has 0 saturated heterocycles. The minimum Gasteiger partial charge on any atom is -0.480 e.